The Morgan fingerprint density at radius 3 is 2.88 bits per heavy atom. The molecule has 0 aliphatic carbocycles. The summed E-state index contributed by atoms with van der Waals surface area (Å²) in [6.45, 7) is 2.11. The first-order valence-corrected chi connectivity index (χ1v) is 8.88. The van der Waals surface area contributed by atoms with Gasteiger partial charge in [-0.1, -0.05) is 29.5 Å². The number of nitrogens with one attached hydrogen (secondary N) is 2. The molecule has 6 nitrogen and oxygen atoms in total. The number of hydrogen-bond donors (Lipinski definition) is 2. The summed E-state index contributed by atoms with van der Waals surface area (Å²) in [7, 11) is 0. The molecule has 1 saturated heterocycles. The summed E-state index contributed by atoms with van der Waals surface area (Å²) in [4.78, 5) is 30.3. The van der Waals surface area contributed by atoms with Gasteiger partial charge in [0.2, 0.25) is 5.91 Å². The lowest BCUT2D eigenvalue weighted by molar-refractivity contribution is -0.127. The fourth-order valence-electron chi connectivity index (χ4n) is 2.58. The van der Waals surface area contributed by atoms with Gasteiger partial charge in [-0.15, -0.1) is 0 Å². The van der Waals surface area contributed by atoms with E-state index >= 15 is 0 Å². The Morgan fingerprint density at radius 1 is 1.29 bits per heavy atom. The van der Waals surface area contributed by atoms with Crippen molar-refractivity contribution in [1.29, 1.82) is 0 Å². The van der Waals surface area contributed by atoms with Crippen molar-refractivity contribution in [3.63, 3.8) is 0 Å². The van der Waals surface area contributed by atoms with E-state index in [-0.39, 0.29) is 11.8 Å². The van der Waals surface area contributed by atoms with Crippen LogP contribution in [-0.2, 0) is 4.79 Å². The van der Waals surface area contributed by atoms with Crippen molar-refractivity contribution in [1.82, 2.24) is 15.2 Å². The lowest BCUT2D eigenvalue weighted by Crippen LogP contribution is -2.30. The van der Waals surface area contributed by atoms with Crippen LogP contribution in [0.2, 0.25) is 0 Å². The highest BCUT2D eigenvalue weighted by Gasteiger charge is 2.19. The van der Waals surface area contributed by atoms with Gasteiger partial charge in [-0.2, -0.15) is 0 Å². The maximum atomic E-state index is 12.1. The molecular weight excluding hydrogens is 324 g/mol. The van der Waals surface area contributed by atoms with Gasteiger partial charge < -0.3 is 15.5 Å². The van der Waals surface area contributed by atoms with Gasteiger partial charge in [0.1, 0.15) is 4.88 Å². The number of carbonyl (C=O) groups excluding carboxylic acids is 2. The average Bonchev–Trinajstić information content (AvgIpc) is 3.22. The summed E-state index contributed by atoms with van der Waals surface area (Å²) in [5.41, 5.74) is 0.939. The quantitative estimate of drug-likeness (QED) is 0.757. The van der Waals surface area contributed by atoms with E-state index in [1.54, 1.807) is 6.20 Å². The molecule has 1 aromatic heterocycles. The molecule has 24 heavy (non-hydrogen) atoms. The van der Waals surface area contributed by atoms with Crippen LogP contribution in [0.3, 0.4) is 0 Å². The van der Waals surface area contributed by atoms with Gasteiger partial charge in [0.05, 0.1) is 6.20 Å². The maximum absolute atomic E-state index is 12.1. The van der Waals surface area contributed by atoms with E-state index in [0.717, 1.165) is 25.1 Å². The number of nitrogens with zero attached hydrogens (tertiary/aromatic N) is 2. The third kappa shape index (κ3) is 4.32. The Bertz CT molecular complexity index is 702. The van der Waals surface area contributed by atoms with Gasteiger partial charge >= 0.3 is 0 Å². The highest BCUT2D eigenvalue weighted by molar-refractivity contribution is 7.17. The average molecular weight is 344 g/mol. The number of para-hydroxylation sites is 1. The number of likely N-dealkylation sites (tertiary alicyclic amines) is 1. The molecule has 0 unspecified atom stereocenters. The number of carbonyl (C=O) groups is 2. The van der Waals surface area contributed by atoms with Crippen LogP contribution in [0.4, 0.5) is 10.8 Å². The van der Waals surface area contributed by atoms with Crippen LogP contribution in [0.1, 0.15) is 28.9 Å². The first-order chi connectivity index (χ1) is 11.7. The van der Waals surface area contributed by atoms with Crippen LogP contribution in [-0.4, -0.2) is 41.3 Å². The molecule has 1 fully saturated rings. The number of amides is 2. The topological polar surface area (TPSA) is 74.3 Å². The van der Waals surface area contributed by atoms with Crippen molar-refractivity contribution in [2.45, 2.75) is 19.3 Å². The molecule has 0 bridgehead atoms. The number of aromatic nitrogens is 1. The Balaban J connectivity index is 1.43. The predicted molar refractivity (Wildman–Crippen MR) is 94.6 cm³/mol. The van der Waals surface area contributed by atoms with E-state index < -0.39 is 0 Å². The van der Waals surface area contributed by atoms with E-state index in [0.29, 0.717) is 29.5 Å². The lowest BCUT2D eigenvalue weighted by atomic mass is 10.3. The van der Waals surface area contributed by atoms with Gasteiger partial charge in [0.25, 0.3) is 5.91 Å². The number of anilines is 2. The van der Waals surface area contributed by atoms with E-state index in [2.05, 4.69) is 15.6 Å². The number of rotatable bonds is 7. The molecule has 0 saturated carbocycles. The fourth-order valence-corrected chi connectivity index (χ4v) is 3.33. The molecule has 1 aliphatic heterocycles. The molecule has 0 atom stereocenters. The van der Waals surface area contributed by atoms with E-state index in [4.69, 9.17) is 0 Å². The molecule has 2 amide bonds. The zero-order valence-corrected chi connectivity index (χ0v) is 14.1. The van der Waals surface area contributed by atoms with Gasteiger partial charge in [-0.25, -0.2) is 4.98 Å². The minimum Gasteiger partial charge on any atom is -0.351 e. The second-order valence-corrected chi connectivity index (χ2v) is 6.65. The normalized spacial score (nSPS) is 14.0. The fraction of sp³-hybridized carbons (Fsp3) is 0.353. The Labute approximate surface area is 144 Å². The second-order valence-electron chi connectivity index (χ2n) is 5.61. The van der Waals surface area contributed by atoms with Crippen molar-refractivity contribution in [3.8, 4) is 0 Å². The largest absolute Gasteiger partial charge is 0.351 e. The molecule has 0 radical (unpaired) electrons. The summed E-state index contributed by atoms with van der Waals surface area (Å²) in [5, 5.41) is 6.74. The summed E-state index contributed by atoms with van der Waals surface area (Å²) in [6, 6.07) is 9.71. The van der Waals surface area contributed by atoms with Crippen LogP contribution < -0.4 is 10.6 Å². The van der Waals surface area contributed by atoms with Gasteiger partial charge in [-0.05, 0) is 25.0 Å². The van der Waals surface area contributed by atoms with Crippen molar-refractivity contribution in [3.05, 3.63) is 41.4 Å². The summed E-state index contributed by atoms with van der Waals surface area (Å²) >= 11 is 1.32. The van der Waals surface area contributed by atoms with Crippen LogP contribution in [0.25, 0.3) is 0 Å². The van der Waals surface area contributed by atoms with Crippen molar-refractivity contribution in [2.75, 3.05) is 25.0 Å². The van der Waals surface area contributed by atoms with Crippen molar-refractivity contribution >= 4 is 34.0 Å². The SMILES string of the molecule is O=C(NCCCN1CCCC1=O)c1cnc(Nc2ccccc2)s1. The second kappa shape index (κ2) is 7.92. The highest BCUT2D eigenvalue weighted by atomic mass is 32.1. The highest BCUT2D eigenvalue weighted by Crippen LogP contribution is 2.22. The Hall–Kier alpha value is -2.41. The molecule has 3 rings (SSSR count). The zero-order chi connectivity index (χ0) is 16.8. The molecule has 0 spiro atoms. The van der Waals surface area contributed by atoms with Gasteiger partial charge in [0, 0.05) is 31.7 Å². The summed E-state index contributed by atoms with van der Waals surface area (Å²) < 4.78 is 0. The molecule has 1 aliphatic rings. The Morgan fingerprint density at radius 2 is 2.12 bits per heavy atom. The number of thiazole rings is 1. The van der Waals surface area contributed by atoms with Gasteiger partial charge in [-0.3, -0.25) is 9.59 Å². The molecule has 2 N–H and O–H groups in total. The van der Waals surface area contributed by atoms with Crippen molar-refractivity contribution < 1.29 is 9.59 Å². The Kier molecular flexibility index (Phi) is 5.43. The van der Waals surface area contributed by atoms with E-state index in [1.807, 2.05) is 35.2 Å². The van der Waals surface area contributed by atoms with E-state index in [1.165, 1.54) is 11.3 Å². The zero-order valence-electron chi connectivity index (χ0n) is 13.3. The van der Waals surface area contributed by atoms with Crippen LogP contribution in [0, 0.1) is 0 Å². The summed E-state index contributed by atoms with van der Waals surface area (Å²) in [6.07, 6.45) is 3.95. The predicted octanol–water partition coefficient (Wildman–Crippen LogP) is 2.63. The monoisotopic (exact) mass is 344 g/mol. The minimum atomic E-state index is -0.124. The molecule has 2 aromatic rings. The first-order valence-electron chi connectivity index (χ1n) is 8.06. The van der Waals surface area contributed by atoms with E-state index in [9.17, 15) is 9.59 Å². The van der Waals surface area contributed by atoms with Crippen LogP contribution in [0.15, 0.2) is 36.5 Å². The summed E-state index contributed by atoms with van der Waals surface area (Å²) in [5.74, 6) is 0.0989. The number of benzene rings is 1. The minimum absolute atomic E-state index is 0.124. The van der Waals surface area contributed by atoms with Crippen LogP contribution in [0.5, 0.6) is 0 Å². The third-order valence-corrected chi connectivity index (χ3v) is 4.73. The maximum Gasteiger partial charge on any atom is 0.263 e. The van der Waals surface area contributed by atoms with Gasteiger partial charge in [0.15, 0.2) is 5.13 Å². The lowest BCUT2D eigenvalue weighted by Gasteiger charge is -2.15. The smallest absolute Gasteiger partial charge is 0.263 e. The molecular formula is C17H20N4O2S. The molecule has 2 heterocycles. The standard InChI is InChI=1S/C17H20N4O2S/c22-15-8-4-10-21(15)11-5-9-18-16(23)14-12-19-17(24-14)20-13-6-2-1-3-7-13/h1-3,6-7,12H,4-5,8-11H2,(H,18,23)(H,19,20). The third-order valence-electron chi connectivity index (χ3n) is 3.82. The number of hydrogen-bond acceptors (Lipinski definition) is 5. The molecule has 7 heteroatoms. The molecule has 126 valence electrons. The first kappa shape index (κ1) is 16.4. The van der Waals surface area contributed by atoms with Crippen LogP contribution >= 0.6 is 11.3 Å². The molecule has 1 aromatic carbocycles. The van der Waals surface area contributed by atoms with Crippen molar-refractivity contribution in [2.24, 2.45) is 0 Å².